The number of halogens is 2. The second-order valence-corrected chi connectivity index (χ2v) is 6.35. The summed E-state index contributed by atoms with van der Waals surface area (Å²) in [5.41, 5.74) is 1.85. The van der Waals surface area contributed by atoms with E-state index in [1.165, 1.54) is 16.5 Å². The number of hydrogen-bond acceptors (Lipinski definition) is 2. The third kappa shape index (κ3) is 2.85. The van der Waals surface area contributed by atoms with Crippen LogP contribution in [0.1, 0.15) is 23.6 Å². The number of benzene rings is 2. The Bertz CT molecular complexity index is 597. The van der Waals surface area contributed by atoms with Crippen molar-refractivity contribution in [3.05, 3.63) is 64.4 Å². The monoisotopic (exact) mass is 307 g/mol. The van der Waals surface area contributed by atoms with E-state index in [1.54, 1.807) is 12.1 Å². The normalized spacial score (nSPS) is 17.8. The molecule has 2 aromatic rings. The van der Waals surface area contributed by atoms with Crippen molar-refractivity contribution < 1.29 is 4.39 Å². The second kappa shape index (κ2) is 6.17. The Morgan fingerprint density at radius 3 is 2.90 bits per heavy atom. The van der Waals surface area contributed by atoms with Crippen molar-refractivity contribution in [2.75, 3.05) is 5.75 Å². The van der Waals surface area contributed by atoms with E-state index in [0.29, 0.717) is 17.1 Å². The van der Waals surface area contributed by atoms with Gasteiger partial charge in [0.2, 0.25) is 0 Å². The molecule has 1 unspecified atom stereocenters. The molecular formula is C16H15ClFNS. The lowest BCUT2D eigenvalue weighted by molar-refractivity contribution is 0.497. The number of thioether (sulfide) groups is 1. The molecule has 1 aliphatic rings. The lowest BCUT2D eigenvalue weighted by Gasteiger charge is -2.26. The van der Waals surface area contributed by atoms with Crippen LogP contribution in [-0.4, -0.2) is 5.75 Å². The van der Waals surface area contributed by atoms with Gasteiger partial charge in [0.1, 0.15) is 5.82 Å². The minimum atomic E-state index is -0.247. The van der Waals surface area contributed by atoms with Gasteiger partial charge in [0.05, 0.1) is 0 Å². The average molecular weight is 308 g/mol. The number of fused-ring (bicyclic) bond motifs is 1. The first-order chi connectivity index (χ1) is 9.75. The van der Waals surface area contributed by atoms with Crippen LogP contribution in [0.4, 0.5) is 4.39 Å². The van der Waals surface area contributed by atoms with Crippen LogP contribution >= 0.6 is 23.4 Å². The van der Waals surface area contributed by atoms with Gasteiger partial charge < -0.3 is 5.32 Å². The lowest BCUT2D eigenvalue weighted by atomic mass is 10.0. The van der Waals surface area contributed by atoms with E-state index in [4.69, 9.17) is 11.6 Å². The molecule has 2 aromatic carbocycles. The third-order valence-electron chi connectivity index (χ3n) is 3.55. The van der Waals surface area contributed by atoms with E-state index in [1.807, 2.05) is 11.8 Å². The Morgan fingerprint density at radius 2 is 2.05 bits per heavy atom. The van der Waals surface area contributed by atoms with Gasteiger partial charge in [-0.15, -0.1) is 11.8 Å². The van der Waals surface area contributed by atoms with Gasteiger partial charge in [-0.3, -0.25) is 0 Å². The van der Waals surface area contributed by atoms with Crippen molar-refractivity contribution in [3.8, 4) is 0 Å². The van der Waals surface area contributed by atoms with Gasteiger partial charge in [-0.2, -0.15) is 0 Å². The van der Waals surface area contributed by atoms with E-state index >= 15 is 0 Å². The summed E-state index contributed by atoms with van der Waals surface area (Å²) in [4.78, 5) is 1.32. The largest absolute Gasteiger partial charge is 0.306 e. The highest BCUT2D eigenvalue weighted by atomic mass is 35.5. The molecule has 1 aliphatic heterocycles. The van der Waals surface area contributed by atoms with Crippen LogP contribution in [0.3, 0.4) is 0 Å². The molecule has 1 atom stereocenters. The maximum absolute atomic E-state index is 13.8. The maximum atomic E-state index is 13.8. The fourth-order valence-corrected chi connectivity index (χ4v) is 3.84. The maximum Gasteiger partial charge on any atom is 0.129 e. The van der Waals surface area contributed by atoms with Crippen LogP contribution in [-0.2, 0) is 6.54 Å². The number of nitrogens with one attached hydrogen (secondary N) is 1. The van der Waals surface area contributed by atoms with Gasteiger partial charge in [0.25, 0.3) is 0 Å². The molecule has 0 bridgehead atoms. The molecule has 4 heteroatoms. The molecule has 0 fully saturated rings. The molecule has 0 saturated carbocycles. The molecule has 20 heavy (non-hydrogen) atoms. The van der Waals surface area contributed by atoms with Gasteiger partial charge in [-0.1, -0.05) is 35.9 Å². The second-order valence-electron chi connectivity index (χ2n) is 4.81. The Labute approximate surface area is 127 Å². The van der Waals surface area contributed by atoms with E-state index in [-0.39, 0.29) is 11.9 Å². The first-order valence-electron chi connectivity index (χ1n) is 6.63. The molecule has 0 radical (unpaired) electrons. The van der Waals surface area contributed by atoms with E-state index < -0.39 is 0 Å². The zero-order chi connectivity index (χ0) is 13.9. The Hall–Kier alpha value is -1.03. The van der Waals surface area contributed by atoms with Crippen LogP contribution in [0.15, 0.2) is 47.4 Å². The van der Waals surface area contributed by atoms with Crippen LogP contribution in [0.25, 0.3) is 0 Å². The molecular weight excluding hydrogens is 293 g/mol. The molecule has 1 N–H and O–H groups in total. The smallest absolute Gasteiger partial charge is 0.129 e. The van der Waals surface area contributed by atoms with Crippen molar-refractivity contribution in [1.82, 2.24) is 5.32 Å². The zero-order valence-corrected chi connectivity index (χ0v) is 12.5. The minimum absolute atomic E-state index is 0.247. The van der Waals surface area contributed by atoms with Crippen molar-refractivity contribution in [2.24, 2.45) is 0 Å². The molecule has 1 nitrogen and oxygen atoms in total. The first kappa shape index (κ1) is 13.9. The summed E-state index contributed by atoms with van der Waals surface area (Å²) in [5.74, 6) is 0.836. The predicted octanol–water partition coefficient (Wildman–Crippen LogP) is 4.81. The summed E-state index contributed by atoms with van der Waals surface area (Å²) in [7, 11) is 0. The lowest BCUT2D eigenvalue weighted by Crippen LogP contribution is -2.24. The van der Waals surface area contributed by atoms with Gasteiger partial charge in [-0.05, 0) is 35.9 Å². The van der Waals surface area contributed by atoms with Crippen molar-refractivity contribution in [2.45, 2.75) is 23.9 Å². The predicted molar refractivity (Wildman–Crippen MR) is 82.8 cm³/mol. The summed E-state index contributed by atoms with van der Waals surface area (Å²) in [6.07, 6.45) is 1.05. The molecule has 104 valence electrons. The van der Waals surface area contributed by atoms with Crippen LogP contribution in [0.5, 0.6) is 0 Å². The summed E-state index contributed by atoms with van der Waals surface area (Å²) in [5, 5.41) is 3.92. The summed E-state index contributed by atoms with van der Waals surface area (Å²) < 4.78 is 13.8. The van der Waals surface area contributed by atoms with Crippen LogP contribution in [0, 0.1) is 5.82 Å². The molecule has 0 aromatic heterocycles. The van der Waals surface area contributed by atoms with E-state index in [2.05, 4.69) is 29.6 Å². The molecule has 3 rings (SSSR count). The van der Waals surface area contributed by atoms with Gasteiger partial charge in [0, 0.05) is 28.1 Å². The van der Waals surface area contributed by atoms with Crippen molar-refractivity contribution >= 4 is 23.4 Å². The Morgan fingerprint density at radius 1 is 1.20 bits per heavy atom. The SMILES string of the molecule is Fc1cccc(Cl)c1CNC1CCSc2ccccc21. The molecule has 0 aliphatic carbocycles. The molecule has 0 spiro atoms. The topological polar surface area (TPSA) is 12.0 Å². The Kier molecular flexibility index (Phi) is 4.29. The van der Waals surface area contributed by atoms with Gasteiger partial charge in [-0.25, -0.2) is 4.39 Å². The number of hydrogen-bond donors (Lipinski definition) is 1. The highest BCUT2D eigenvalue weighted by molar-refractivity contribution is 7.99. The quantitative estimate of drug-likeness (QED) is 0.873. The van der Waals surface area contributed by atoms with Crippen LogP contribution in [0.2, 0.25) is 5.02 Å². The Balaban J connectivity index is 1.77. The first-order valence-corrected chi connectivity index (χ1v) is 8.00. The minimum Gasteiger partial charge on any atom is -0.306 e. The summed E-state index contributed by atoms with van der Waals surface area (Å²) >= 11 is 7.94. The van der Waals surface area contributed by atoms with Gasteiger partial charge in [0.15, 0.2) is 0 Å². The average Bonchev–Trinajstić information content (AvgIpc) is 2.47. The number of rotatable bonds is 3. The van der Waals surface area contributed by atoms with E-state index in [9.17, 15) is 4.39 Å². The van der Waals surface area contributed by atoms with Crippen molar-refractivity contribution in [3.63, 3.8) is 0 Å². The van der Waals surface area contributed by atoms with Crippen LogP contribution < -0.4 is 5.32 Å². The fraction of sp³-hybridized carbons (Fsp3) is 0.250. The summed E-state index contributed by atoms with van der Waals surface area (Å²) in [6, 6.07) is 13.5. The molecule has 0 amide bonds. The summed E-state index contributed by atoms with van der Waals surface area (Å²) in [6.45, 7) is 0.454. The zero-order valence-electron chi connectivity index (χ0n) is 10.9. The standard InChI is InChI=1S/C16H15ClFNS/c17-13-5-3-6-14(18)12(13)10-19-15-8-9-20-16-7-2-1-4-11(15)16/h1-7,15,19H,8-10H2. The molecule has 1 heterocycles. The fourth-order valence-electron chi connectivity index (χ4n) is 2.48. The highest BCUT2D eigenvalue weighted by Crippen LogP contribution is 2.36. The van der Waals surface area contributed by atoms with Crippen molar-refractivity contribution in [1.29, 1.82) is 0 Å². The highest BCUT2D eigenvalue weighted by Gasteiger charge is 2.20. The third-order valence-corrected chi connectivity index (χ3v) is 5.02. The molecule has 0 saturated heterocycles. The van der Waals surface area contributed by atoms with Gasteiger partial charge >= 0.3 is 0 Å². The van der Waals surface area contributed by atoms with E-state index in [0.717, 1.165) is 12.2 Å².